The number of aromatic nitrogens is 3. The van der Waals surface area contributed by atoms with Gasteiger partial charge in [0.2, 0.25) is 5.95 Å². The number of hydrogen-bond donors (Lipinski definition) is 2. The van der Waals surface area contributed by atoms with Crippen LogP contribution < -0.4 is 10.6 Å². The second-order valence-corrected chi connectivity index (χ2v) is 8.67. The summed E-state index contributed by atoms with van der Waals surface area (Å²) in [4.78, 5) is 18.4. The van der Waals surface area contributed by atoms with Gasteiger partial charge in [0.15, 0.2) is 0 Å². The Morgan fingerprint density at radius 1 is 0.968 bits per heavy atom. The molecule has 3 aromatic rings. The van der Waals surface area contributed by atoms with Crippen molar-refractivity contribution in [1.29, 1.82) is 0 Å². The molecule has 0 spiro atoms. The van der Waals surface area contributed by atoms with E-state index in [0.717, 1.165) is 41.6 Å². The van der Waals surface area contributed by atoms with Crippen molar-refractivity contribution in [3.05, 3.63) is 48.1 Å². The number of rotatable bonds is 10. The van der Waals surface area contributed by atoms with E-state index in [9.17, 15) is 0 Å². The number of nitrogens with one attached hydrogen (secondary N) is 2. The van der Waals surface area contributed by atoms with Gasteiger partial charge in [-0.2, -0.15) is 0 Å². The van der Waals surface area contributed by atoms with E-state index < -0.39 is 0 Å². The zero-order chi connectivity index (χ0) is 21.3. The molecule has 0 saturated carbocycles. The lowest BCUT2D eigenvalue weighted by atomic mass is 10.2. The van der Waals surface area contributed by atoms with Crippen LogP contribution in [0.1, 0.15) is 19.8 Å². The van der Waals surface area contributed by atoms with Crippen molar-refractivity contribution in [2.24, 2.45) is 0 Å². The van der Waals surface area contributed by atoms with Crippen LogP contribution in [0.15, 0.2) is 48.1 Å². The molecule has 0 unspecified atom stereocenters. The van der Waals surface area contributed by atoms with Crippen LogP contribution in [-0.2, 0) is 0 Å². The number of anilines is 3. The van der Waals surface area contributed by atoms with Gasteiger partial charge in [-0.15, -0.1) is 11.3 Å². The van der Waals surface area contributed by atoms with Crippen molar-refractivity contribution in [3.63, 3.8) is 0 Å². The van der Waals surface area contributed by atoms with Crippen LogP contribution in [0.25, 0.3) is 10.7 Å². The summed E-state index contributed by atoms with van der Waals surface area (Å²) in [6, 6.07) is 10.2. The summed E-state index contributed by atoms with van der Waals surface area (Å²) < 4.78 is 0. The van der Waals surface area contributed by atoms with Gasteiger partial charge in [-0.25, -0.2) is 15.0 Å². The Balaban J connectivity index is 1.23. The number of piperazine rings is 1. The summed E-state index contributed by atoms with van der Waals surface area (Å²) in [5, 5.41) is 9.70. The fraction of sp³-hybridized carbons (Fsp3) is 0.435. The van der Waals surface area contributed by atoms with Gasteiger partial charge >= 0.3 is 0 Å². The average molecular weight is 438 g/mol. The van der Waals surface area contributed by atoms with Crippen molar-refractivity contribution in [2.75, 3.05) is 56.4 Å². The molecule has 31 heavy (non-hydrogen) atoms. The van der Waals surface area contributed by atoms with Gasteiger partial charge in [0, 0.05) is 61.9 Å². The van der Waals surface area contributed by atoms with Gasteiger partial charge < -0.3 is 20.4 Å². The topological polar surface area (TPSA) is 69.2 Å². The summed E-state index contributed by atoms with van der Waals surface area (Å²) in [5.74, 6) is 0.576. The maximum atomic E-state index is 4.58. The molecular weight excluding hydrogens is 406 g/mol. The highest BCUT2D eigenvalue weighted by molar-refractivity contribution is 7.13. The molecule has 4 rings (SSSR count). The molecule has 0 aliphatic carbocycles. The number of nitrogens with zero attached hydrogens (tertiary/aromatic N) is 5. The second-order valence-electron chi connectivity index (χ2n) is 7.77. The molecule has 164 valence electrons. The molecule has 1 aliphatic rings. The van der Waals surface area contributed by atoms with E-state index in [2.05, 4.69) is 54.4 Å². The minimum Gasteiger partial charge on any atom is -0.385 e. The third-order valence-electron chi connectivity index (χ3n) is 5.41. The summed E-state index contributed by atoms with van der Waals surface area (Å²) in [6.07, 6.45) is 5.94. The van der Waals surface area contributed by atoms with Crippen molar-refractivity contribution in [2.45, 2.75) is 19.8 Å². The smallest absolute Gasteiger partial charge is 0.227 e. The van der Waals surface area contributed by atoms with Crippen molar-refractivity contribution in [3.8, 4) is 10.7 Å². The minimum absolute atomic E-state index is 0.576. The van der Waals surface area contributed by atoms with Gasteiger partial charge in [0.05, 0.1) is 0 Å². The quantitative estimate of drug-likeness (QED) is 0.461. The fourth-order valence-electron chi connectivity index (χ4n) is 3.81. The molecule has 3 heterocycles. The Bertz CT molecular complexity index is 923. The standard InChI is InChI=1S/C23H31N7S/c1-2-11-29-13-15-30(16-14-29)12-4-8-24-19-5-3-6-20(18-19)27-23-26-9-7-21(28-23)22-25-10-17-31-22/h3,5-7,9-10,17-18,24H,2,4,8,11-16H2,1H3,(H,26,27,28). The maximum Gasteiger partial charge on any atom is 0.227 e. The van der Waals surface area contributed by atoms with Crippen molar-refractivity contribution < 1.29 is 0 Å². The molecule has 0 atom stereocenters. The van der Waals surface area contributed by atoms with E-state index >= 15 is 0 Å². The summed E-state index contributed by atoms with van der Waals surface area (Å²) in [7, 11) is 0. The van der Waals surface area contributed by atoms with Crippen LogP contribution in [0.2, 0.25) is 0 Å². The van der Waals surface area contributed by atoms with Crippen LogP contribution in [0.5, 0.6) is 0 Å². The molecule has 0 amide bonds. The van der Waals surface area contributed by atoms with Crippen LogP contribution in [0.3, 0.4) is 0 Å². The van der Waals surface area contributed by atoms with E-state index in [4.69, 9.17) is 0 Å². The first-order chi connectivity index (χ1) is 15.3. The van der Waals surface area contributed by atoms with E-state index in [1.807, 2.05) is 23.6 Å². The largest absolute Gasteiger partial charge is 0.385 e. The summed E-state index contributed by atoms with van der Waals surface area (Å²) in [6.45, 7) is 10.4. The first kappa shape index (κ1) is 21.7. The highest BCUT2D eigenvalue weighted by atomic mass is 32.1. The summed E-state index contributed by atoms with van der Waals surface area (Å²) in [5.41, 5.74) is 2.90. The first-order valence-electron chi connectivity index (χ1n) is 11.1. The molecule has 0 bridgehead atoms. The number of benzene rings is 1. The van der Waals surface area contributed by atoms with E-state index in [1.54, 1.807) is 23.7 Å². The normalized spacial score (nSPS) is 15.1. The predicted molar refractivity (Wildman–Crippen MR) is 129 cm³/mol. The van der Waals surface area contributed by atoms with Gasteiger partial charge in [0.25, 0.3) is 0 Å². The van der Waals surface area contributed by atoms with E-state index in [1.165, 1.54) is 39.1 Å². The molecule has 8 heteroatoms. The Morgan fingerprint density at radius 3 is 2.55 bits per heavy atom. The molecule has 1 aromatic carbocycles. The molecule has 0 radical (unpaired) electrons. The Labute approximate surface area is 188 Å². The lowest BCUT2D eigenvalue weighted by molar-refractivity contribution is 0.132. The zero-order valence-electron chi connectivity index (χ0n) is 18.1. The van der Waals surface area contributed by atoms with Crippen LogP contribution in [0, 0.1) is 0 Å². The third-order valence-corrected chi connectivity index (χ3v) is 6.21. The van der Waals surface area contributed by atoms with Gasteiger partial charge in [-0.1, -0.05) is 13.0 Å². The minimum atomic E-state index is 0.576. The predicted octanol–water partition coefficient (Wildman–Crippen LogP) is 4.17. The molecule has 2 N–H and O–H groups in total. The molecule has 1 aliphatic heterocycles. The third kappa shape index (κ3) is 6.46. The Morgan fingerprint density at radius 2 is 1.77 bits per heavy atom. The highest BCUT2D eigenvalue weighted by Crippen LogP contribution is 2.22. The lowest BCUT2D eigenvalue weighted by Gasteiger charge is -2.34. The van der Waals surface area contributed by atoms with E-state index in [0.29, 0.717) is 5.95 Å². The second kappa shape index (κ2) is 11.2. The van der Waals surface area contributed by atoms with Crippen molar-refractivity contribution in [1.82, 2.24) is 24.8 Å². The number of thiazole rings is 1. The lowest BCUT2D eigenvalue weighted by Crippen LogP contribution is -2.46. The van der Waals surface area contributed by atoms with Crippen LogP contribution in [0.4, 0.5) is 17.3 Å². The maximum absolute atomic E-state index is 4.58. The Kier molecular flexibility index (Phi) is 7.81. The fourth-order valence-corrected chi connectivity index (χ4v) is 4.42. The van der Waals surface area contributed by atoms with Gasteiger partial charge in [-0.05, 0) is 50.2 Å². The summed E-state index contributed by atoms with van der Waals surface area (Å²) >= 11 is 1.57. The SMILES string of the molecule is CCCN1CCN(CCCNc2cccc(Nc3nccc(-c4nccs4)n3)c2)CC1. The average Bonchev–Trinajstić information content (AvgIpc) is 3.34. The molecule has 1 saturated heterocycles. The van der Waals surface area contributed by atoms with E-state index in [-0.39, 0.29) is 0 Å². The first-order valence-corrected chi connectivity index (χ1v) is 12.0. The highest BCUT2D eigenvalue weighted by Gasteiger charge is 2.15. The van der Waals surface area contributed by atoms with Crippen molar-refractivity contribution >= 4 is 28.7 Å². The zero-order valence-corrected chi connectivity index (χ0v) is 18.9. The van der Waals surface area contributed by atoms with Crippen LogP contribution >= 0.6 is 11.3 Å². The molecule has 7 nitrogen and oxygen atoms in total. The Hall–Kier alpha value is -2.55. The molecule has 1 fully saturated rings. The monoisotopic (exact) mass is 437 g/mol. The van der Waals surface area contributed by atoms with Gasteiger partial charge in [0.1, 0.15) is 10.7 Å². The van der Waals surface area contributed by atoms with Crippen LogP contribution in [-0.4, -0.2) is 70.6 Å². The van der Waals surface area contributed by atoms with Gasteiger partial charge in [-0.3, -0.25) is 0 Å². The number of hydrogen-bond acceptors (Lipinski definition) is 8. The molecular formula is C23H31N7S. The molecule has 2 aromatic heterocycles.